The number of nitrogens with zero attached hydrogens (tertiary/aromatic N) is 1. The van der Waals surface area contributed by atoms with E-state index in [1.54, 1.807) is 12.1 Å². The molecule has 3 nitrogen and oxygen atoms in total. The van der Waals surface area contributed by atoms with Gasteiger partial charge in [0.2, 0.25) is 6.54 Å². The lowest BCUT2D eigenvalue weighted by molar-refractivity contribution is 0.0600. The van der Waals surface area contributed by atoms with Gasteiger partial charge in [0.1, 0.15) is 0 Å². The van der Waals surface area contributed by atoms with Crippen LogP contribution in [-0.2, 0) is 11.3 Å². The predicted molar refractivity (Wildman–Crippen MR) is 55.8 cm³/mol. The highest BCUT2D eigenvalue weighted by Crippen LogP contribution is 2.17. The molecule has 0 atom stereocenters. The van der Waals surface area contributed by atoms with Gasteiger partial charge in [-0.1, -0.05) is 15.9 Å². The summed E-state index contributed by atoms with van der Waals surface area (Å²) in [6.45, 7) is 6.99. The summed E-state index contributed by atoms with van der Waals surface area (Å²) in [5.74, 6) is -0.391. The maximum Gasteiger partial charge on any atom is 0.337 e. The summed E-state index contributed by atoms with van der Waals surface area (Å²) in [7, 11) is 1.33. The first-order valence-electron chi connectivity index (χ1n) is 3.88. The number of hydrogen-bond donors (Lipinski definition) is 0. The molecule has 0 aliphatic carbocycles. The number of carbonyl (C=O) groups is 1. The highest BCUT2D eigenvalue weighted by atomic mass is 79.9. The molecule has 0 aromatic heterocycles. The molecular weight excluding hydrogens is 246 g/mol. The second-order valence-electron chi connectivity index (χ2n) is 2.66. The van der Waals surface area contributed by atoms with Gasteiger partial charge < -0.3 is 9.58 Å². The van der Waals surface area contributed by atoms with Crippen molar-refractivity contribution in [1.82, 2.24) is 0 Å². The largest absolute Gasteiger partial charge is 0.465 e. The summed E-state index contributed by atoms with van der Waals surface area (Å²) in [6, 6.07) is 5.14. The van der Waals surface area contributed by atoms with Crippen LogP contribution in [0, 0.1) is 6.57 Å². The molecule has 0 aliphatic rings. The third kappa shape index (κ3) is 2.57. The van der Waals surface area contributed by atoms with Crippen LogP contribution >= 0.6 is 15.9 Å². The van der Waals surface area contributed by atoms with E-state index in [2.05, 4.69) is 25.5 Å². The molecule has 0 saturated carbocycles. The summed E-state index contributed by atoms with van der Waals surface area (Å²) in [4.78, 5) is 14.5. The summed E-state index contributed by atoms with van der Waals surface area (Å²) in [5, 5.41) is 0. The normalized spacial score (nSPS) is 9.21. The molecule has 1 aromatic rings. The molecule has 0 bridgehead atoms. The molecule has 1 rings (SSSR count). The molecular formula is C10H8BrNO2. The summed E-state index contributed by atoms with van der Waals surface area (Å²) >= 11 is 3.27. The fraction of sp³-hybridized carbons (Fsp3) is 0.200. The van der Waals surface area contributed by atoms with Gasteiger partial charge in [-0.05, 0) is 18.2 Å². The minimum absolute atomic E-state index is 0.267. The first-order valence-corrected chi connectivity index (χ1v) is 4.67. The van der Waals surface area contributed by atoms with Gasteiger partial charge >= 0.3 is 5.97 Å². The number of carbonyl (C=O) groups excluding carboxylic acids is 1. The Balaban J connectivity index is 3.08. The zero-order valence-corrected chi connectivity index (χ0v) is 9.17. The van der Waals surface area contributed by atoms with Crippen LogP contribution in [0.2, 0.25) is 0 Å². The number of ether oxygens (including phenoxy) is 1. The van der Waals surface area contributed by atoms with Crippen molar-refractivity contribution in [3.05, 3.63) is 45.2 Å². The van der Waals surface area contributed by atoms with Gasteiger partial charge in [0, 0.05) is 10.0 Å². The Morgan fingerprint density at radius 1 is 1.57 bits per heavy atom. The number of halogens is 1. The minimum Gasteiger partial charge on any atom is -0.465 e. The van der Waals surface area contributed by atoms with E-state index >= 15 is 0 Å². The van der Waals surface area contributed by atoms with Gasteiger partial charge in [-0.15, -0.1) is 0 Å². The average Bonchev–Trinajstić information content (AvgIpc) is 2.16. The smallest absolute Gasteiger partial charge is 0.337 e. The Morgan fingerprint density at radius 2 is 2.29 bits per heavy atom. The maximum atomic E-state index is 11.2. The van der Waals surface area contributed by atoms with Crippen LogP contribution in [0.4, 0.5) is 0 Å². The van der Waals surface area contributed by atoms with Gasteiger partial charge in [-0.2, -0.15) is 0 Å². The lowest BCUT2D eigenvalue weighted by Crippen LogP contribution is -2.01. The quantitative estimate of drug-likeness (QED) is 0.600. The van der Waals surface area contributed by atoms with E-state index in [-0.39, 0.29) is 6.54 Å². The van der Waals surface area contributed by atoms with E-state index in [9.17, 15) is 4.79 Å². The number of esters is 1. The molecule has 14 heavy (non-hydrogen) atoms. The molecule has 0 N–H and O–H groups in total. The van der Waals surface area contributed by atoms with Gasteiger partial charge in [0.15, 0.2) is 0 Å². The predicted octanol–water partition coefficient (Wildman–Crippen LogP) is 2.65. The van der Waals surface area contributed by atoms with Crippen LogP contribution in [0.3, 0.4) is 0 Å². The van der Waals surface area contributed by atoms with Crippen LogP contribution in [-0.4, -0.2) is 13.1 Å². The Hall–Kier alpha value is -1.34. The summed E-state index contributed by atoms with van der Waals surface area (Å²) in [5.41, 5.74) is 1.26. The van der Waals surface area contributed by atoms with Gasteiger partial charge in [-0.25, -0.2) is 11.4 Å². The van der Waals surface area contributed by atoms with E-state index in [0.717, 1.165) is 10.0 Å². The monoisotopic (exact) mass is 253 g/mol. The Labute approximate surface area is 90.6 Å². The first-order chi connectivity index (χ1) is 6.67. The average molecular weight is 254 g/mol. The molecule has 0 radical (unpaired) electrons. The molecule has 0 unspecified atom stereocenters. The highest BCUT2D eigenvalue weighted by molar-refractivity contribution is 9.10. The van der Waals surface area contributed by atoms with Crippen LogP contribution in [0.15, 0.2) is 22.7 Å². The molecule has 0 saturated heterocycles. The molecule has 72 valence electrons. The number of rotatable bonds is 2. The van der Waals surface area contributed by atoms with E-state index in [0.29, 0.717) is 5.56 Å². The lowest BCUT2D eigenvalue weighted by atomic mass is 10.1. The highest BCUT2D eigenvalue weighted by Gasteiger charge is 2.08. The molecule has 0 heterocycles. The van der Waals surface area contributed by atoms with Crippen molar-refractivity contribution >= 4 is 21.9 Å². The van der Waals surface area contributed by atoms with Crippen molar-refractivity contribution in [2.45, 2.75) is 6.54 Å². The molecule has 0 amide bonds. The van der Waals surface area contributed by atoms with Crippen molar-refractivity contribution in [3.8, 4) is 0 Å². The van der Waals surface area contributed by atoms with Gasteiger partial charge in [0.05, 0.1) is 12.7 Å². The van der Waals surface area contributed by atoms with Crippen molar-refractivity contribution < 1.29 is 9.53 Å². The lowest BCUT2D eigenvalue weighted by Gasteiger charge is -2.01. The van der Waals surface area contributed by atoms with Gasteiger partial charge in [0.25, 0.3) is 0 Å². The molecule has 4 heteroatoms. The third-order valence-electron chi connectivity index (χ3n) is 1.64. The molecule has 1 aromatic carbocycles. The second kappa shape index (κ2) is 4.77. The molecule has 0 aliphatic heterocycles. The van der Waals surface area contributed by atoms with Crippen molar-refractivity contribution in [3.63, 3.8) is 0 Å². The van der Waals surface area contributed by atoms with E-state index in [1.807, 2.05) is 6.07 Å². The van der Waals surface area contributed by atoms with E-state index < -0.39 is 5.97 Å². The number of hydrogen-bond acceptors (Lipinski definition) is 2. The second-order valence-corrected chi connectivity index (χ2v) is 3.57. The van der Waals surface area contributed by atoms with E-state index in [1.165, 1.54) is 7.11 Å². The summed E-state index contributed by atoms with van der Waals surface area (Å²) < 4.78 is 5.36. The van der Waals surface area contributed by atoms with Gasteiger partial charge in [-0.3, -0.25) is 0 Å². The Kier molecular flexibility index (Phi) is 3.66. The molecule has 0 spiro atoms. The third-order valence-corrected chi connectivity index (χ3v) is 2.10. The minimum atomic E-state index is -0.391. The SMILES string of the molecule is [C-]#[N+]Cc1cc(Br)cc(C(=O)OC)c1. The van der Waals surface area contributed by atoms with Crippen LogP contribution in [0.25, 0.3) is 4.85 Å². The topological polar surface area (TPSA) is 30.7 Å². The van der Waals surface area contributed by atoms with E-state index in [4.69, 9.17) is 6.57 Å². The zero-order valence-electron chi connectivity index (χ0n) is 7.58. The fourth-order valence-electron chi connectivity index (χ4n) is 1.07. The van der Waals surface area contributed by atoms with Crippen LogP contribution in [0.1, 0.15) is 15.9 Å². The van der Waals surface area contributed by atoms with Crippen LogP contribution in [0.5, 0.6) is 0 Å². The van der Waals surface area contributed by atoms with Crippen molar-refractivity contribution in [1.29, 1.82) is 0 Å². The fourth-order valence-corrected chi connectivity index (χ4v) is 1.61. The first kappa shape index (κ1) is 10.7. The van der Waals surface area contributed by atoms with Crippen molar-refractivity contribution in [2.75, 3.05) is 7.11 Å². The maximum absolute atomic E-state index is 11.2. The zero-order chi connectivity index (χ0) is 10.6. The van der Waals surface area contributed by atoms with Crippen LogP contribution < -0.4 is 0 Å². The summed E-state index contributed by atoms with van der Waals surface area (Å²) in [6.07, 6.45) is 0. The Bertz CT molecular complexity index is 396. The number of methoxy groups -OCH3 is 1. The number of benzene rings is 1. The van der Waals surface area contributed by atoms with Crippen molar-refractivity contribution in [2.24, 2.45) is 0 Å². The Morgan fingerprint density at radius 3 is 2.86 bits per heavy atom. The molecule has 0 fully saturated rings. The standard InChI is InChI=1S/C10H8BrNO2/c1-12-6-7-3-8(10(13)14-2)5-9(11)4-7/h3-5H,6H2,2H3.